The number of fused-ring (bicyclic) bond motifs is 9. The smallest absolute Gasteiger partial charge is 0.132 e. The quantitative estimate of drug-likeness (QED) is 0.226. The Morgan fingerprint density at radius 1 is 0.805 bits per heavy atom. The highest BCUT2D eigenvalue weighted by molar-refractivity contribution is 5.88. The second-order valence-corrected chi connectivity index (χ2v) is 10.6. The Kier molecular flexibility index (Phi) is 6.10. The number of likely N-dealkylation sites (N-methyl/N-ethyl adjacent to an activating group) is 1. The molecule has 1 atom stereocenters. The summed E-state index contributed by atoms with van der Waals surface area (Å²) in [4.78, 5) is 0. The Labute approximate surface area is 241 Å². The number of nitrogens with one attached hydrogen (secondary N) is 1. The SMILES string of the molecule is C/C=C(\C=C/c1ccc2c(c1)C1(c3ccccc3O2)c2ccccc2-c2ccccc21)C(/NC)=C1\C=CC=CC1N. The molecule has 200 valence electrons. The molecule has 0 saturated carbocycles. The van der Waals surface area contributed by atoms with Crippen molar-refractivity contribution in [1.29, 1.82) is 0 Å². The van der Waals surface area contributed by atoms with Gasteiger partial charge in [0, 0.05) is 23.9 Å². The van der Waals surface area contributed by atoms with Gasteiger partial charge in [-0.1, -0.05) is 115 Å². The van der Waals surface area contributed by atoms with Crippen molar-refractivity contribution >= 4 is 6.08 Å². The summed E-state index contributed by atoms with van der Waals surface area (Å²) in [5.74, 6) is 1.80. The minimum Gasteiger partial charge on any atom is -0.457 e. The number of allylic oxidation sites excluding steroid dienone is 4. The van der Waals surface area contributed by atoms with Crippen molar-refractivity contribution in [3.63, 3.8) is 0 Å². The van der Waals surface area contributed by atoms with Gasteiger partial charge in [0.2, 0.25) is 0 Å². The number of hydrogen-bond acceptors (Lipinski definition) is 3. The van der Waals surface area contributed by atoms with Crippen molar-refractivity contribution in [2.24, 2.45) is 5.73 Å². The monoisotopic (exact) mass is 532 g/mol. The average Bonchev–Trinajstić information content (AvgIpc) is 3.31. The van der Waals surface area contributed by atoms with Crippen LogP contribution >= 0.6 is 0 Å². The molecule has 4 aromatic rings. The topological polar surface area (TPSA) is 47.3 Å². The second-order valence-electron chi connectivity index (χ2n) is 10.6. The Morgan fingerprint density at radius 3 is 2.15 bits per heavy atom. The van der Waals surface area contributed by atoms with Crippen LogP contribution in [0.25, 0.3) is 17.2 Å². The zero-order valence-electron chi connectivity index (χ0n) is 23.3. The normalized spacial score (nSPS) is 18.9. The van der Waals surface area contributed by atoms with Gasteiger partial charge in [0.1, 0.15) is 11.5 Å². The predicted octanol–water partition coefficient (Wildman–Crippen LogP) is 8.04. The zero-order chi connectivity index (χ0) is 28.0. The van der Waals surface area contributed by atoms with E-state index in [1.807, 2.05) is 25.3 Å². The maximum atomic E-state index is 6.56. The average molecular weight is 533 g/mol. The van der Waals surface area contributed by atoms with Gasteiger partial charge in [-0.2, -0.15) is 0 Å². The third-order valence-electron chi connectivity index (χ3n) is 8.53. The summed E-state index contributed by atoms with van der Waals surface area (Å²) in [5, 5.41) is 3.39. The van der Waals surface area contributed by atoms with Gasteiger partial charge in [-0.25, -0.2) is 0 Å². The molecule has 3 N–H and O–H groups in total. The minimum atomic E-state index is -0.464. The summed E-state index contributed by atoms with van der Waals surface area (Å²) in [6, 6.07) is 32.5. The van der Waals surface area contributed by atoms with Crippen LogP contribution < -0.4 is 15.8 Å². The first kappa shape index (κ1) is 25.1. The van der Waals surface area contributed by atoms with E-state index in [1.54, 1.807) is 0 Å². The van der Waals surface area contributed by atoms with Crippen molar-refractivity contribution < 1.29 is 4.74 Å². The van der Waals surface area contributed by atoms with Crippen molar-refractivity contribution in [2.75, 3.05) is 7.05 Å². The van der Waals surface area contributed by atoms with Gasteiger partial charge in [0.25, 0.3) is 0 Å². The summed E-state index contributed by atoms with van der Waals surface area (Å²) in [7, 11) is 1.95. The highest BCUT2D eigenvalue weighted by Crippen LogP contribution is 2.61. The lowest BCUT2D eigenvalue weighted by atomic mass is 9.66. The van der Waals surface area contributed by atoms with Crippen molar-refractivity contribution in [2.45, 2.75) is 18.4 Å². The second kappa shape index (κ2) is 9.96. The van der Waals surface area contributed by atoms with Crippen LogP contribution in [-0.2, 0) is 5.41 Å². The van der Waals surface area contributed by atoms with Gasteiger partial charge >= 0.3 is 0 Å². The molecule has 0 aromatic heterocycles. The van der Waals surface area contributed by atoms with E-state index >= 15 is 0 Å². The van der Waals surface area contributed by atoms with Gasteiger partial charge in [-0.15, -0.1) is 0 Å². The largest absolute Gasteiger partial charge is 0.457 e. The van der Waals surface area contributed by atoms with Crippen molar-refractivity contribution in [1.82, 2.24) is 5.32 Å². The first-order chi connectivity index (χ1) is 20.2. The fourth-order valence-corrected chi connectivity index (χ4v) is 6.75. The van der Waals surface area contributed by atoms with Crippen LogP contribution in [0.4, 0.5) is 0 Å². The van der Waals surface area contributed by atoms with Crippen molar-refractivity contribution in [3.05, 3.63) is 172 Å². The molecular weight excluding hydrogens is 500 g/mol. The minimum absolute atomic E-state index is 0.144. The molecule has 2 aliphatic carbocycles. The lowest BCUT2D eigenvalue weighted by Gasteiger charge is -2.39. The number of ether oxygens (including phenoxy) is 1. The van der Waals surface area contributed by atoms with Gasteiger partial charge in [-0.3, -0.25) is 0 Å². The van der Waals surface area contributed by atoms with Gasteiger partial charge in [0.05, 0.1) is 11.5 Å². The molecular formula is C38H32N2O. The van der Waals surface area contributed by atoms with Gasteiger partial charge in [0.15, 0.2) is 0 Å². The van der Waals surface area contributed by atoms with Crippen LogP contribution in [0.15, 0.2) is 144 Å². The highest BCUT2D eigenvalue weighted by Gasteiger charge is 2.50. The van der Waals surface area contributed by atoms with Crippen LogP contribution in [0.1, 0.15) is 34.7 Å². The van der Waals surface area contributed by atoms with Gasteiger partial charge < -0.3 is 15.8 Å². The van der Waals surface area contributed by atoms with E-state index in [1.165, 1.54) is 27.8 Å². The molecule has 3 heteroatoms. The maximum absolute atomic E-state index is 6.56. The van der Waals surface area contributed by atoms with Crippen molar-refractivity contribution in [3.8, 4) is 22.6 Å². The first-order valence-electron chi connectivity index (χ1n) is 14.1. The lowest BCUT2D eigenvalue weighted by Crippen LogP contribution is -2.32. The van der Waals surface area contributed by atoms with E-state index in [2.05, 4.69) is 128 Å². The molecule has 3 aliphatic rings. The van der Waals surface area contributed by atoms with Crippen LogP contribution in [0, 0.1) is 0 Å². The van der Waals surface area contributed by atoms with E-state index in [-0.39, 0.29) is 6.04 Å². The molecule has 0 saturated heterocycles. The molecule has 4 aromatic carbocycles. The maximum Gasteiger partial charge on any atom is 0.132 e. The Hall–Kier alpha value is -4.86. The molecule has 0 fully saturated rings. The lowest BCUT2D eigenvalue weighted by molar-refractivity contribution is 0.436. The number of benzene rings is 4. The van der Waals surface area contributed by atoms with Crippen LogP contribution in [0.2, 0.25) is 0 Å². The fourth-order valence-electron chi connectivity index (χ4n) is 6.75. The third kappa shape index (κ3) is 3.77. The summed E-state index contributed by atoms with van der Waals surface area (Å²) in [5.41, 5.74) is 17.7. The number of hydrogen-bond donors (Lipinski definition) is 2. The fraction of sp³-hybridized carbons (Fsp3) is 0.105. The van der Waals surface area contributed by atoms with E-state index in [4.69, 9.17) is 10.5 Å². The molecule has 41 heavy (non-hydrogen) atoms. The van der Waals surface area contributed by atoms with E-state index in [0.29, 0.717) is 0 Å². The highest BCUT2D eigenvalue weighted by atomic mass is 16.5. The van der Waals surface area contributed by atoms with E-state index in [9.17, 15) is 0 Å². The Bertz CT molecular complexity index is 1790. The molecule has 1 spiro atoms. The molecule has 3 nitrogen and oxygen atoms in total. The summed E-state index contributed by atoms with van der Waals surface area (Å²) >= 11 is 0. The van der Waals surface area contributed by atoms with E-state index in [0.717, 1.165) is 39.5 Å². The zero-order valence-corrected chi connectivity index (χ0v) is 23.3. The Balaban J connectivity index is 1.41. The van der Waals surface area contributed by atoms with Crippen LogP contribution in [-0.4, -0.2) is 13.1 Å². The molecule has 1 aliphatic heterocycles. The number of rotatable bonds is 4. The summed E-state index contributed by atoms with van der Waals surface area (Å²) in [6.45, 7) is 2.06. The molecule has 0 radical (unpaired) electrons. The third-order valence-corrected chi connectivity index (χ3v) is 8.53. The number of para-hydroxylation sites is 1. The number of nitrogens with two attached hydrogens (primary N) is 1. The predicted molar refractivity (Wildman–Crippen MR) is 169 cm³/mol. The standard InChI is InChI=1S/C38H32N2O/c1-3-26(37(40-2)29-14-6-10-18-34(29)39)22-20-25-21-23-36-33(24-25)38(32-17-9-11-19-35(32)41-36)30-15-7-4-12-27(30)28-13-5-8-16-31(28)38/h3-24,34,40H,39H2,1-2H3/b22-20-,26-3+,37-29-. The van der Waals surface area contributed by atoms with Gasteiger partial charge in [-0.05, 0) is 64.1 Å². The summed E-state index contributed by atoms with van der Waals surface area (Å²) < 4.78 is 6.56. The van der Waals surface area contributed by atoms with E-state index < -0.39 is 5.41 Å². The molecule has 0 bridgehead atoms. The molecule has 1 heterocycles. The molecule has 1 unspecified atom stereocenters. The molecule has 7 rings (SSSR count). The molecule has 0 amide bonds. The van der Waals surface area contributed by atoms with Crippen LogP contribution in [0.5, 0.6) is 11.5 Å². The Morgan fingerprint density at radius 2 is 1.46 bits per heavy atom. The summed E-state index contributed by atoms with van der Waals surface area (Å²) in [6.07, 6.45) is 14.6. The first-order valence-corrected chi connectivity index (χ1v) is 14.1. The van der Waals surface area contributed by atoms with Crippen LogP contribution in [0.3, 0.4) is 0 Å².